The third-order valence-electron chi connectivity index (χ3n) is 3.76. The molecule has 0 amide bonds. The monoisotopic (exact) mass is 218 g/mol. The van der Waals surface area contributed by atoms with Crippen molar-refractivity contribution >= 4 is 0 Å². The van der Waals surface area contributed by atoms with Crippen molar-refractivity contribution in [3.05, 3.63) is 35.9 Å². The van der Waals surface area contributed by atoms with Crippen LogP contribution in [0.2, 0.25) is 0 Å². The van der Waals surface area contributed by atoms with Crippen LogP contribution in [0, 0.1) is 5.92 Å². The molecular formula is C14H22N2. The molecular weight excluding hydrogens is 196 g/mol. The van der Waals surface area contributed by atoms with Crippen LogP contribution in [0.25, 0.3) is 0 Å². The van der Waals surface area contributed by atoms with E-state index in [0.717, 1.165) is 5.92 Å². The molecule has 1 aliphatic rings. The van der Waals surface area contributed by atoms with Crippen LogP contribution >= 0.6 is 0 Å². The minimum Gasteiger partial charge on any atom is -0.271 e. The van der Waals surface area contributed by atoms with Crippen molar-refractivity contribution in [2.24, 2.45) is 11.8 Å². The zero-order valence-electron chi connectivity index (χ0n) is 9.86. The van der Waals surface area contributed by atoms with E-state index >= 15 is 0 Å². The van der Waals surface area contributed by atoms with Crippen LogP contribution in [0.1, 0.15) is 37.7 Å². The topological polar surface area (TPSA) is 38.0 Å². The Morgan fingerprint density at radius 2 is 2.00 bits per heavy atom. The first-order chi connectivity index (χ1) is 7.90. The van der Waals surface area contributed by atoms with E-state index in [1.54, 1.807) is 0 Å². The van der Waals surface area contributed by atoms with Gasteiger partial charge in [-0.1, -0.05) is 36.8 Å². The van der Waals surface area contributed by atoms with Gasteiger partial charge in [0.25, 0.3) is 0 Å². The molecule has 0 bridgehead atoms. The van der Waals surface area contributed by atoms with Gasteiger partial charge in [0.2, 0.25) is 0 Å². The van der Waals surface area contributed by atoms with Crippen LogP contribution in [0.4, 0.5) is 0 Å². The van der Waals surface area contributed by atoms with E-state index in [2.05, 4.69) is 35.8 Å². The molecule has 0 spiro atoms. The Morgan fingerprint density at radius 3 is 2.56 bits per heavy atom. The summed E-state index contributed by atoms with van der Waals surface area (Å²) < 4.78 is 0. The summed E-state index contributed by atoms with van der Waals surface area (Å²) in [5, 5.41) is 0. The van der Waals surface area contributed by atoms with Crippen molar-refractivity contribution in [2.45, 2.75) is 44.6 Å². The molecule has 1 aromatic carbocycles. The number of hydrogen-bond donors (Lipinski definition) is 2. The zero-order chi connectivity index (χ0) is 11.2. The summed E-state index contributed by atoms with van der Waals surface area (Å²) in [5.41, 5.74) is 4.43. The lowest BCUT2D eigenvalue weighted by Gasteiger charge is -2.33. The number of hydrogen-bond acceptors (Lipinski definition) is 2. The molecule has 1 aliphatic carbocycles. The summed E-state index contributed by atoms with van der Waals surface area (Å²) in [5.74, 6) is 6.45. The molecule has 1 fully saturated rings. The van der Waals surface area contributed by atoms with Gasteiger partial charge in [-0.3, -0.25) is 11.3 Å². The number of hydrazine groups is 1. The quantitative estimate of drug-likeness (QED) is 0.569. The highest BCUT2D eigenvalue weighted by Gasteiger charge is 2.25. The van der Waals surface area contributed by atoms with Crippen molar-refractivity contribution in [2.75, 3.05) is 0 Å². The van der Waals surface area contributed by atoms with Crippen molar-refractivity contribution in [3.8, 4) is 0 Å². The molecule has 16 heavy (non-hydrogen) atoms. The largest absolute Gasteiger partial charge is 0.271 e. The predicted octanol–water partition coefficient (Wildman–Crippen LogP) is 2.64. The maximum atomic E-state index is 5.61. The van der Waals surface area contributed by atoms with Crippen molar-refractivity contribution in [1.82, 2.24) is 5.43 Å². The van der Waals surface area contributed by atoms with Crippen molar-refractivity contribution in [3.63, 3.8) is 0 Å². The number of rotatable bonds is 6. The summed E-state index contributed by atoms with van der Waals surface area (Å²) in [4.78, 5) is 0. The molecule has 0 heterocycles. The van der Waals surface area contributed by atoms with Crippen LogP contribution in [0.15, 0.2) is 30.3 Å². The molecule has 1 unspecified atom stereocenters. The average Bonchev–Trinajstić information content (AvgIpc) is 2.26. The molecule has 0 saturated heterocycles. The Labute approximate surface area is 98.2 Å². The lowest BCUT2D eigenvalue weighted by molar-refractivity contribution is 0.218. The second-order valence-corrected chi connectivity index (χ2v) is 4.84. The highest BCUT2D eigenvalue weighted by Crippen LogP contribution is 2.31. The molecule has 2 rings (SSSR count). The van der Waals surface area contributed by atoms with Gasteiger partial charge in [-0.05, 0) is 43.6 Å². The number of nitrogens with two attached hydrogens (primary N) is 1. The predicted molar refractivity (Wildman–Crippen MR) is 67.8 cm³/mol. The van der Waals surface area contributed by atoms with E-state index in [0.29, 0.717) is 6.04 Å². The molecule has 1 aromatic rings. The van der Waals surface area contributed by atoms with Gasteiger partial charge < -0.3 is 0 Å². The Kier molecular flexibility index (Phi) is 4.37. The second-order valence-electron chi connectivity index (χ2n) is 4.84. The van der Waals surface area contributed by atoms with E-state index in [1.165, 1.54) is 44.1 Å². The third kappa shape index (κ3) is 3.06. The molecule has 1 atom stereocenters. The van der Waals surface area contributed by atoms with E-state index in [-0.39, 0.29) is 0 Å². The fourth-order valence-corrected chi connectivity index (χ4v) is 2.47. The summed E-state index contributed by atoms with van der Waals surface area (Å²) in [7, 11) is 0. The number of aryl methyl sites for hydroxylation is 1. The van der Waals surface area contributed by atoms with Gasteiger partial charge in [0, 0.05) is 6.04 Å². The molecule has 0 aromatic heterocycles. The lowest BCUT2D eigenvalue weighted by Crippen LogP contribution is -2.43. The van der Waals surface area contributed by atoms with Crippen LogP contribution in [0.5, 0.6) is 0 Å². The van der Waals surface area contributed by atoms with Gasteiger partial charge >= 0.3 is 0 Å². The van der Waals surface area contributed by atoms with Gasteiger partial charge in [-0.2, -0.15) is 0 Å². The molecule has 0 radical (unpaired) electrons. The highest BCUT2D eigenvalue weighted by atomic mass is 15.2. The molecule has 3 N–H and O–H groups in total. The first kappa shape index (κ1) is 11.6. The Morgan fingerprint density at radius 1 is 1.25 bits per heavy atom. The zero-order valence-corrected chi connectivity index (χ0v) is 9.86. The number of benzene rings is 1. The number of nitrogens with one attached hydrogen (secondary N) is 1. The molecule has 0 aliphatic heterocycles. The fourth-order valence-electron chi connectivity index (χ4n) is 2.47. The highest BCUT2D eigenvalue weighted by molar-refractivity contribution is 5.14. The molecule has 2 nitrogen and oxygen atoms in total. The second kappa shape index (κ2) is 6.02. The third-order valence-corrected chi connectivity index (χ3v) is 3.76. The average molecular weight is 218 g/mol. The van der Waals surface area contributed by atoms with E-state index < -0.39 is 0 Å². The first-order valence-corrected chi connectivity index (χ1v) is 6.40. The summed E-state index contributed by atoms with van der Waals surface area (Å²) in [6, 6.07) is 11.2. The minimum atomic E-state index is 0.539. The standard InChI is InChI=1S/C14H22N2/c15-16-14(13-9-5-10-13)11-4-8-12-6-2-1-3-7-12/h1-3,6-7,13-14,16H,4-5,8-11,15H2. The summed E-state index contributed by atoms with van der Waals surface area (Å²) in [6.07, 6.45) is 7.72. The SMILES string of the molecule is NNC(CCCc1ccccc1)C1CCC1. The Balaban J connectivity index is 1.70. The fraction of sp³-hybridized carbons (Fsp3) is 0.571. The maximum Gasteiger partial charge on any atom is 0.0238 e. The van der Waals surface area contributed by atoms with Crippen LogP contribution < -0.4 is 11.3 Å². The van der Waals surface area contributed by atoms with Gasteiger partial charge in [0.05, 0.1) is 0 Å². The Hall–Kier alpha value is -0.860. The van der Waals surface area contributed by atoms with Gasteiger partial charge in [-0.15, -0.1) is 0 Å². The van der Waals surface area contributed by atoms with Crippen molar-refractivity contribution < 1.29 is 0 Å². The van der Waals surface area contributed by atoms with Gasteiger partial charge in [0.15, 0.2) is 0 Å². The molecule has 2 heteroatoms. The van der Waals surface area contributed by atoms with Crippen LogP contribution in [-0.4, -0.2) is 6.04 Å². The van der Waals surface area contributed by atoms with Crippen LogP contribution in [-0.2, 0) is 6.42 Å². The van der Waals surface area contributed by atoms with E-state index in [1.807, 2.05) is 0 Å². The van der Waals surface area contributed by atoms with E-state index in [9.17, 15) is 0 Å². The minimum absolute atomic E-state index is 0.539. The van der Waals surface area contributed by atoms with Crippen molar-refractivity contribution in [1.29, 1.82) is 0 Å². The smallest absolute Gasteiger partial charge is 0.0238 e. The first-order valence-electron chi connectivity index (χ1n) is 6.40. The lowest BCUT2D eigenvalue weighted by atomic mass is 9.78. The summed E-state index contributed by atoms with van der Waals surface area (Å²) in [6.45, 7) is 0. The molecule has 1 saturated carbocycles. The molecule has 88 valence electrons. The van der Waals surface area contributed by atoms with Gasteiger partial charge in [0.1, 0.15) is 0 Å². The maximum absolute atomic E-state index is 5.61. The van der Waals surface area contributed by atoms with Gasteiger partial charge in [-0.25, -0.2) is 0 Å². The van der Waals surface area contributed by atoms with E-state index in [4.69, 9.17) is 5.84 Å². The Bertz CT molecular complexity index is 293. The summed E-state index contributed by atoms with van der Waals surface area (Å²) >= 11 is 0. The normalized spacial score (nSPS) is 18.1. The van der Waals surface area contributed by atoms with Crippen LogP contribution in [0.3, 0.4) is 0 Å².